The predicted octanol–water partition coefficient (Wildman–Crippen LogP) is 2.59. The monoisotopic (exact) mass is 431 g/mol. The minimum Gasteiger partial charge on any atom is -0.506 e. The minimum absolute atomic E-state index is 0. The summed E-state index contributed by atoms with van der Waals surface area (Å²) >= 11 is 6.54. The summed E-state index contributed by atoms with van der Waals surface area (Å²) in [5, 5.41) is 21.5. The van der Waals surface area contributed by atoms with E-state index in [0.29, 0.717) is 21.9 Å². The summed E-state index contributed by atoms with van der Waals surface area (Å²) in [6.07, 6.45) is 0.419. The van der Waals surface area contributed by atoms with Crippen molar-refractivity contribution in [2.24, 2.45) is 0 Å². The van der Waals surface area contributed by atoms with Crippen LogP contribution in [0.5, 0.6) is 5.75 Å². The molecule has 0 unspecified atom stereocenters. The zero-order chi connectivity index (χ0) is 11.9. The smallest absolute Gasteiger partial charge is 0.321 e. The van der Waals surface area contributed by atoms with Gasteiger partial charge < -0.3 is 10.2 Å². The number of carboxylic acid groups (broad SMARTS) is 1. The molecule has 1 aromatic carbocycles. The van der Waals surface area contributed by atoms with Crippen molar-refractivity contribution in [2.75, 3.05) is 0 Å². The number of phenols is 1. The van der Waals surface area contributed by atoms with Gasteiger partial charge in [-0.25, -0.2) is 0 Å². The van der Waals surface area contributed by atoms with Crippen LogP contribution in [0.15, 0.2) is 15.0 Å². The van der Waals surface area contributed by atoms with Crippen molar-refractivity contribution in [1.82, 2.24) is 5.32 Å². The fourth-order valence-corrected chi connectivity index (χ4v) is 3.11. The Morgan fingerprint density at radius 3 is 2.71 bits per heavy atom. The van der Waals surface area contributed by atoms with Gasteiger partial charge >= 0.3 is 5.97 Å². The Labute approximate surface area is 125 Å². The topological polar surface area (TPSA) is 69.6 Å². The third kappa shape index (κ3) is 2.83. The lowest BCUT2D eigenvalue weighted by Gasteiger charge is -2.24. The number of hydrogen-bond acceptors (Lipinski definition) is 3. The van der Waals surface area contributed by atoms with Crippen LogP contribution < -0.4 is 5.32 Å². The van der Waals surface area contributed by atoms with Gasteiger partial charge in [-0.2, -0.15) is 0 Å². The van der Waals surface area contributed by atoms with Crippen molar-refractivity contribution in [3.63, 3.8) is 0 Å². The molecule has 0 saturated heterocycles. The Kier molecular flexibility index (Phi) is 5.00. The second-order valence-corrected chi connectivity index (χ2v) is 5.28. The number of carboxylic acids is 1. The number of hydrogen-bond donors (Lipinski definition) is 3. The standard InChI is InChI=1S/C10H9Br2NO3.BrH/c11-6-1-4-2-7(10(15)16)13-3-5(4)8(12)9(6)14;/h1,7,13-14H,2-3H2,(H,15,16);1H/t7-;/m1./s1/i10+2;. The van der Waals surface area contributed by atoms with E-state index in [-0.39, 0.29) is 22.7 Å². The van der Waals surface area contributed by atoms with E-state index in [0.717, 1.165) is 11.1 Å². The molecule has 2 rings (SSSR count). The molecule has 3 N–H and O–H groups in total. The van der Waals surface area contributed by atoms with Gasteiger partial charge in [0, 0.05) is 6.54 Å². The highest BCUT2D eigenvalue weighted by Crippen LogP contribution is 2.38. The Balaban J connectivity index is 0.00000144. The number of fused-ring (bicyclic) bond motifs is 1. The zero-order valence-corrected chi connectivity index (χ0v) is 13.4. The lowest BCUT2D eigenvalue weighted by atomic mass is 9.99. The van der Waals surface area contributed by atoms with E-state index < -0.39 is 12.0 Å². The molecule has 1 aliphatic heterocycles. The molecule has 94 valence electrons. The van der Waals surface area contributed by atoms with Crippen molar-refractivity contribution in [3.05, 3.63) is 26.1 Å². The van der Waals surface area contributed by atoms with E-state index in [2.05, 4.69) is 37.2 Å². The first-order valence-corrected chi connectivity index (χ1v) is 6.24. The molecule has 0 radical (unpaired) electrons. The molecule has 1 aromatic rings. The highest BCUT2D eigenvalue weighted by Gasteiger charge is 2.26. The molecule has 0 aliphatic carbocycles. The molecule has 0 bridgehead atoms. The number of aromatic hydroxyl groups is 1. The summed E-state index contributed by atoms with van der Waals surface area (Å²) in [4.78, 5) is 10.9. The molecule has 7 heteroatoms. The van der Waals surface area contributed by atoms with Crippen molar-refractivity contribution in [1.29, 1.82) is 0 Å². The quantitative estimate of drug-likeness (QED) is 0.636. The molecule has 4 nitrogen and oxygen atoms in total. The molecule has 1 heterocycles. The van der Waals surface area contributed by atoms with Crippen molar-refractivity contribution in [3.8, 4) is 5.75 Å². The Morgan fingerprint density at radius 2 is 2.12 bits per heavy atom. The molecule has 0 spiro atoms. The van der Waals surface area contributed by atoms with Gasteiger partial charge in [0.1, 0.15) is 11.8 Å². The van der Waals surface area contributed by atoms with Crippen LogP contribution in [0.25, 0.3) is 0 Å². The van der Waals surface area contributed by atoms with E-state index >= 15 is 0 Å². The van der Waals surface area contributed by atoms with E-state index in [4.69, 9.17) is 5.11 Å². The minimum atomic E-state index is -0.856. The van der Waals surface area contributed by atoms with Crippen LogP contribution in [0.3, 0.4) is 0 Å². The van der Waals surface area contributed by atoms with Crippen molar-refractivity contribution < 1.29 is 15.0 Å². The number of phenolic OH excluding ortho intramolecular Hbond substituents is 1. The van der Waals surface area contributed by atoms with Crippen molar-refractivity contribution in [2.45, 2.75) is 19.0 Å². The van der Waals surface area contributed by atoms with Gasteiger partial charge in [0.05, 0.1) is 8.95 Å². The third-order valence-electron chi connectivity index (χ3n) is 2.64. The lowest BCUT2D eigenvalue weighted by Crippen LogP contribution is -2.41. The molecule has 17 heavy (non-hydrogen) atoms. The molecule has 0 saturated carbocycles. The van der Waals surface area contributed by atoms with E-state index in [1.807, 2.05) is 0 Å². The average molecular weight is 434 g/mol. The number of nitrogens with one attached hydrogen (secondary N) is 1. The normalized spacial score (nSPS) is 18.1. The first kappa shape index (κ1) is 14.9. The second kappa shape index (κ2) is 5.69. The number of halogens is 3. The Bertz CT molecular complexity index is 465. The number of benzene rings is 1. The van der Waals surface area contributed by atoms with Crippen LogP contribution in [0, 0.1) is 0 Å². The van der Waals surface area contributed by atoms with Crippen LogP contribution in [0.2, 0.25) is 0 Å². The van der Waals surface area contributed by atoms with Gasteiger partial charge in [-0.15, -0.1) is 17.0 Å². The molecule has 0 fully saturated rings. The average Bonchev–Trinajstić information content (AvgIpc) is 2.25. The SMILES string of the molecule is Br.O=[14C](O)[C@H]1Cc2cc(Br)c(O)c(Br)c2CN1. The van der Waals surface area contributed by atoms with Crippen LogP contribution in [-0.2, 0) is 17.8 Å². The third-order valence-corrected chi connectivity index (χ3v) is 4.09. The first-order valence-electron chi connectivity index (χ1n) is 4.65. The van der Waals surface area contributed by atoms with Gasteiger partial charge in [-0.05, 0) is 55.5 Å². The molecular weight excluding hydrogens is 424 g/mol. The van der Waals surface area contributed by atoms with Crippen molar-refractivity contribution >= 4 is 54.8 Å². The number of aliphatic carboxylic acids is 1. The Hall–Kier alpha value is -0.110. The van der Waals surface area contributed by atoms with Gasteiger partial charge in [-0.3, -0.25) is 10.1 Å². The van der Waals surface area contributed by atoms with E-state index in [1.54, 1.807) is 6.07 Å². The number of carbonyl (C=O) groups is 1. The summed E-state index contributed by atoms with van der Waals surface area (Å²) in [5.41, 5.74) is 1.85. The second-order valence-electron chi connectivity index (χ2n) is 3.63. The van der Waals surface area contributed by atoms with Gasteiger partial charge in [0.15, 0.2) is 0 Å². The van der Waals surface area contributed by atoms with Gasteiger partial charge in [0.2, 0.25) is 0 Å². The van der Waals surface area contributed by atoms with E-state index in [1.165, 1.54) is 0 Å². The lowest BCUT2D eigenvalue weighted by molar-refractivity contribution is -0.139. The Morgan fingerprint density at radius 1 is 1.47 bits per heavy atom. The predicted molar refractivity (Wildman–Crippen MR) is 75.8 cm³/mol. The zero-order valence-electron chi connectivity index (χ0n) is 8.54. The van der Waals surface area contributed by atoms with Gasteiger partial charge in [0.25, 0.3) is 0 Å². The summed E-state index contributed by atoms with van der Waals surface area (Å²) in [5.74, 6) is -0.708. The van der Waals surface area contributed by atoms with Crippen LogP contribution in [0.4, 0.5) is 0 Å². The first-order chi connectivity index (χ1) is 7.50. The fourth-order valence-electron chi connectivity index (χ4n) is 1.76. The molecular formula is C10H10Br3NO3. The molecule has 0 aromatic heterocycles. The van der Waals surface area contributed by atoms with E-state index in [9.17, 15) is 9.90 Å². The largest absolute Gasteiger partial charge is 0.506 e. The molecule has 1 atom stereocenters. The highest BCUT2D eigenvalue weighted by molar-refractivity contribution is 9.11. The summed E-state index contributed by atoms with van der Waals surface area (Å²) < 4.78 is 1.19. The maximum absolute atomic E-state index is 10.9. The summed E-state index contributed by atoms with van der Waals surface area (Å²) in [6.45, 7) is 0.438. The summed E-state index contributed by atoms with van der Waals surface area (Å²) in [6, 6.07) is 1.21. The van der Waals surface area contributed by atoms with Crippen LogP contribution in [0.1, 0.15) is 11.1 Å². The van der Waals surface area contributed by atoms with Crippen LogP contribution in [-0.4, -0.2) is 22.2 Å². The molecule has 1 aliphatic rings. The highest BCUT2D eigenvalue weighted by atomic mass is 79.9. The fraction of sp³-hybridized carbons (Fsp3) is 0.300. The maximum Gasteiger partial charge on any atom is 0.321 e. The van der Waals surface area contributed by atoms with Crippen LogP contribution >= 0.6 is 48.8 Å². The number of rotatable bonds is 1. The maximum atomic E-state index is 10.9. The molecule has 0 amide bonds. The van der Waals surface area contributed by atoms with Gasteiger partial charge in [-0.1, -0.05) is 0 Å². The summed E-state index contributed by atoms with van der Waals surface area (Å²) in [7, 11) is 0.